The Labute approximate surface area is 168 Å². The van der Waals surface area contributed by atoms with Crippen molar-refractivity contribution in [3.63, 3.8) is 0 Å². The Morgan fingerprint density at radius 1 is 1.10 bits per heavy atom. The molecular weight excluding hydrogens is 370 g/mol. The van der Waals surface area contributed by atoms with E-state index in [1.807, 2.05) is 19.1 Å². The van der Waals surface area contributed by atoms with Crippen molar-refractivity contribution >= 4 is 16.9 Å². The van der Waals surface area contributed by atoms with Crippen molar-refractivity contribution in [3.8, 4) is 0 Å². The molecular formula is C22H25N3O4. The van der Waals surface area contributed by atoms with Gasteiger partial charge in [0.05, 0.1) is 11.4 Å². The zero-order valence-electron chi connectivity index (χ0n) is 16.7. The lowest BCUT2D eigenvalue weighted by atomic mass is 10.1. The third-order valence-electron chi connectivity index (χ3n) is 5.38. The molecule has 1 unspecified atom stereocenters. The fourth-order valence-electron chi connectivity index (χ4n) is 3.67. The predicted octanol–water partition coefficient (Wildman–Crippen LogP) is 2.41. The van der Waals surface area contributed by atoms with Crippen molar-refractivity contribution < 1.29 is 13.6 Å². The second-order valence-electron chi connectivity index (χ2n) is 7.48. The van der Waals surface area contributed by atoms with Gasteiger partial charge in [-0.25, -0.2) is 0 Å². The van der Waals surface area contributed by atoms with Gasteiger partial charge in [0.2, 0.25) is 0 Å². The second-order valence-corrected chi connectivity index (χ2v) is 7.48. The average Bonchev–Trinajstić information content (AvgIpc) is 3.15. The molecule has 29 heavy (non-hydrogen) atoms. The molecule has 152 valence electrons. The minimum atomic E-state index is -0.407. The first-order valence-corrected chi connectivity index (χ1v) is 9.81. The summed E-state index contributed by atoms with van der Waals surface area (Å²) in [5.74, 6) is 1.27. The highest BCUT2D eigenvalue weighted by Crippen LogP contribution is 2.24. The van der Waals surface area contributed by atoms with E-state index in [0.29, 0.717) is 17.5 Å². The number of benzene rings is 1. The molecule has 4 rings (SSSR count). The predicted molar refractivity (Wildman–Crippen MR) is 110 cm³/mol. The first-order valence-electron chi connectivity index (χ1n) is 9.81. The van der Waals surface area contributed by atoms with Crippen LogP contribution in [0.3, 0.4) is 0 Å². The normalized spacial score (nSPS) is 16.8. The van der Waals surface area contributed by atoms with Crippen molar-refractivity contribution in [2.45, 2.75) is 13.0 Å². The van der Waals surface area contributed by atoms with E-state index < -0.39 is 5.91 Å². The Morgan fingerprint density at radius 2 is 1.86 bits per heavy atom. The number of carbonyl (C=O) groups excluding carboxylic acids is 1. The van der Waals surface area contributed by atoms with Crippen LogP contribution < -0.4 is 10.7 Å². The van der Waals surface area contributed by atoms with E-state index in [1.54, 1.807) is 24.3 Å². The van der Waals surface area contributed by atoms with E-state index in [9.17, 15) is 9.59 Å². The van der Waals surface area contributed by atoms with E-state index in [2.05, 4.69) is 22.2 Å². The molecule has 0 bridgehead atoms. The second kappa shape index (κ2) is 8.23. The number of fused-ring (bicyclic) bond motifs is 1. The summed E-state index contributed by atoms with van der Waals surface area (Å²) in [5.41, 5.74) is 0.178. The maximum absolute atomic E-state index is 12.7. The number of nitrogens with one attached hydrogen (secondary N) is 1. The molecule has 1 saturated heterocycles. The lowest BCUT2D eigenvalue weighted by Crippen LogP contribution is -2.48. The molecule has 2 aromatic heterocycles. The highest BCUT2D eigenvalue weighted by atomic mass is 16.3. The Bertz CT molecular complexity index is 1060. The van der Waals surface area contributed by atoms with Gasteiger partial charge in [-0.2, -0.15) is 0 Å². The SMILES string of the molecule is Cc1ccc(C(CNC(=O)c2cc(=O)c3ccccc3o2)N2CCN(C)CC2)o1. The van der Waals surface area contributed by atoms with Crippen molar-refractivity contribution in [2.75, 3.05) is 39.8 Å². The van der Waals surface area contributed by atoms with Crippen LogP contribution in [0.1, 0.15) is 28.1 Å². The van der Waals surface area contributed by atoms with E-state index in [0.717, 1.165) is 37.7 Å². The summed E-state index contributed by atoms with van der Waals surface area (Å²) >= 11 is 0. The highest BCUT2D eigenvalue weighted by molar-refractivity contribution is 5.93. The van der Waals surface area contributed by atoms with Gasteiger partial charge in [-0.05, 0) is 38.2 Å². The van der Waals surface area contributed by atoms with Gasteiger partial charge < -0.3 is 19.1 Å². The van der Waals surface area contributed by atoms with Crippen LogP contribution in [0.15, 0.2) is 56.1 Å². The van der Waals surface area contributed by atoms with Crippen LogP contribution in [0, 0.1) is 6.92 Å². The minimum absolute atomic E-state index is 0.0152. The molecule has 3 aromatic rings. The lowest BCUT2D eigenvalue weighted by molar-refractivity contribution is 0.0830. The molecule has 1 aliphatic rings. The minimum Gasteiger partial charge on any atom is -0.465 e. The third-order valence-corrected chi connectivity index (χ3v) is 5.38. The average molecular weight is 395 g/mol. The Morgan fingerprint density at radius 3 is 2.59 bits per heavy atom. The zero-order chi connectivity index (χ0) is 20.4. The summed E-state index contributed by atoms with van der Waals surface area (Å²) in [6.45, 7) is 5.98. The molecule has 0 radical (unpaired) electrons. The summed E-state index contributed by atoms with van der Waals surface area (Å²) in [4.78, 5) is 29.6. The fourth-order valence-corrected chi connectivity index (χ4v) is 3.67. The van der Waals surface area contributed by atoms with Crippen LogP contribution >= 0.6 is 0 Å². The van der Waals surface area contributed by atoms with Crippen molar-refractivity contribution in [2.24, 2.45) is 0 Å². The number of nitrogens with zero attached hydrogens (tertiary/aromatic N) is 2. The molecule has 1 fully saturated rings. The van der Waals surface area contributed by atoms with Crippen LogP contribution in [0.4, 0.5) is 0 Å². The van der Waals surface area contributed by atoms with Gasteiger partial charge in [-0.15, -0.1) is 0 Å². The van der Waals surface area contributed by atoms with Crippen LogP contribution in [-0.2, 0) is 0 Å². The van der Waals surface area contributed by atoms with E-state index in [-0.39, 0.29) is 17.2 Å². The van der Waals surface area contributed by atoms with Crippen LogP contribution in [-0.4, -0.2) is 55.5 Å². The molecule has 7 nitrogen and oxygen atoms in total. The molecule has 1 N–H and O–H groups in total. The Hall–Kier alpha value is -2.90. The molecule has 0 aliphatic carbocycles. The van der Waals surface area contributed by atoms with E-state index in [4.69, 9.17) is 8.83 Å². The number of furan rings is 1. The number of carbonyl (C=O) groups is 1. The molecule has 1 aromatic carbocycles. The van der Waals surface area contributed by atoms with Gasteiger partial charge in [0, 0.05) is 38.8 Å². The molecule has 1 atom stereocenters. The summed E-state index contributed by atoms with van der Waals surface area (Å²) in [6, 6.07) is 12.0. The number of likely N-dealkylation sites (N-methyl/N-ethyl adjacent to an activating group) is 1. The van der Waals surface area contributed by atoms with Gasteiger partial charge >= 0.3 is 0 Å². The number of para-hydroxylation sites is 1. The van der Waals surface area contributed by atoms with Gasteiger partial charge in [-0.3, -0.25) is 14.5 Å². The standard InChI is InChI=1S/C22H25N3O4/c1-15-7-8-20(28-15)17(25-11-9-24(2)10-12-25)14-23-22(27)21-13-18(26)16-5-3-4-6-19(16)29-21/h3-8,13,17H,9-12,14H2,1-2H3,(H,23,27). The smallest absolute Gasteiger partial charge is 0.287 e. The van der Waals surface area contributed by atoms with Crippen molar-refractivity contribution in [3.05, 3.63) is 70.0 Å². The van der Waals surface area contributed by atoms with Crippen LogP contribution in [0.2, 0.25) is 0 Å². The van der Waals surface area contributed by atoms with Crippen LogP contribution in [0.5, 0.6) is 0 Å². The number of hydrogen-bond donors (Lipinski definition) is 1. The van der Waals surface area contributed by atoms with Gasteiger partial charge in [-0.1, -0.05) is 12.1 Å². The molecule has 0 saturated carbocycles. The number of rotatable bonds is 5. The molecule has 7 heteroatoms. The molecule has 1 amide bonds. The monoisotopic (exact) mass is 395 g/mol. The summed E-state index contributed by atoms with van der Waals surface area (Å²) in [6.07, 6.45) is 0. The number of aryl methyl sites for hydroxylation is 1. The lowest BCUT2D eigenvalue weighted by Gasteiger charge is -2.37. The Balaban J connectivity index is 1.52. The maximum atomic E-state index is 12.7. The number of amides is 1. The van der Waals surface area contributed by atoms with Gasteiger partial charge in [0.1, 0.15) is 17.1 Å². The third kappa shape index (κ3) is 4.26. The van der Waals surface area contributed by atoms with Gasteiger partial charge in [0.15, 0.2) is 11.2 Å². The first-order chi connectivity index (χ1) is 14.0. The largest absolute Gasteiger partial charge is 0.465 e. The highest BCUT2D eigenvalue weighted by Gasteiger charge is 2.27. The Kier molecular flexibility index (Phi) is 5.51. The summed E-state index contributed by atoms with van der Waals surface area (Å²) in [5, 5.41) is 3.38. The number of piperazine rings is 1. The van der Waals surface area contributed by atoms with Crippen molar-refractivity contribution in [1.29, 1.82) is 0 Å². The van der Waals surface area contributed by atoms with E-state index >= 15 is 0 Å². The van der Waals surface area contributed by atoms with Gasteiger partial charge in [0.25, 0.3) is 5.91 Å². The fraction of sp³-hybridized carbons (Fsp3) is 0.364. The molecule has 0 spiro atoms. The van der Waals surface area contributed by atoms with Crippen molar-refractivity contribution in [1.82, 2.24) is 15.1 Å². The van der Waals surface area contributed by atoms with E-state index in [1.165, 1.54) is 6.07 Å². The first kappa shape index (κ1) is 19.4. The summed E-state index contributed by atoms with van der Waals surface area (Å²) in [7, 11) is 2.10. The zero-order valence-corrected chi connectivity index (χ0v) is 16.7. The summed E-state index contributed by atoms with van der Waals surface area (Å²) < 4.78 is 11.5. The quantitative estimate of drug-likeness (QED) is 0.715. The maximum Gasteiger partial charge on any atom is 0.287 e. The molecule has 1 aliphatic heterocycles. The van der Waals surface area contributed by atoms with Crippen LogP contribution in [0.25, 0.3) is 11.0 Å². The molecule has 3 heterocycles. The number of hydrogen-bond acceptors (Lipinski definition) is 6. The topological polar surface area (TPSA) is 78.9 Å².